The highest BCUT2D eigenvalue weighted by molar-refractivity contribution is 4.91. The van der Waals surface area contributed by atoms with Crippen LogP contribution < -0.4 is 0 Å². The van der Waals surface area contributed by atoms with Crippen LogP contribution in [0.4, 0.5) is 0 Å². The first-order chi connectivity index (χ1) is 2.56. The maximum Gasteiger partial charge on any atom is 0.345 e. The zero-order chi connectivity index (χ0) is 5.21. The van der Waals surface area contributed by atoms with Crippen LogP contribution in [0.25, 0.3) is 0 Å². The lowest BCUT2D eigenvalue weighted by molar-refractivity contribution is -0.265. The monoisotopic (exact) mass is 88.0 g/mol. The van der Waals surface area contributed by atoms with Crippen LogP contribution in [0, 0.1) is 12.3 Å². The van der Waals surface area contributed by atoms with E-state index in [2.05, 4.69) is 6.42 Å². The van der Waals surface area contributed by atoms with Crippen molar-refractivity contribution in [3.05, 3.63) is 0 Å². The molecule has 0 rings (SSSR count). The molecule has 34 valence electrons. The van der Waals surface area contributed by atoms with Crippen LogP contribution in [0.1, 0.15) is 0 Å². The summed E-state index contributed by atoms with van der Waals surface area (Å²) in [6, 6.07) is 0. The molecule has 0 atom stereocenters. The van der Waals surface area contributed by atoms with Gasteiger partial charge in [0.25, 0.3) is 0 Å². The molecule has 6 heavy (non-hydrogen) atoms. The molecule has 0 unspecified atom stereocenters. The van der Waals surface area contributed by atoms with Crippen molar-refractivity contribution in [1.82, 2.24) is 0 Å². The SMILES string of the molecule is C#CC(O)(O)O. The molecule has 0 radical (unpaired) electrons. The van der Waals surface area contributed by atoms with E-state index in [-0.39, 0.29) is 0 Å². The number of terminal acetylenes is 1. The first-order valence-electron chi connectivity index (χ1n) is 1.21. The maximum atomic E-state index is 7.70. The van der Waals surface area contributed by atoms with E-state index in [0.717, 1.165) is 0 Å². The minimum atomic E-state index is -2.93. The van der Waals surface area contributed by atoms with E-state index >= 15 is 0 Å². The van der Waals surface area contributed by atoms with Crippen LogP contribution in [-0.4, -0.2) is 21.3 Å². The summed E-state index contributed by atoms with van der Waals surface area (Å²) in [6.45, 7) is 0. The van der Waals surface area contributed by atoms with Gasteiger partial charge < -0.3 is 15.3 Å². The minimum absolute atomic E-state index is 1.27. The normalized spacial score (nSPS) is 10.3. The fourth-order valence-corrected chi connectivity index (χ4v) is 0. The van der Waals surface area contributed by atoms with Gasteiger partial charge in [-0.05, 0) is 5.92 Å². The second kappa shape index (κ2) is 1.27. The van der Waals surface area contributed by atoms with Gasteiger partial charge in [0.05, 0.1) is 0 Å². The highest BCUT2D eigenvalue weighted by Gasteiger charge is 2.10. The Kier molecular flexibility index (Phi) is 1.15. The second-order valence-electron chi connectivity index (χ2n) is 0.780. The number of aliphatic hydroxyl groups is 3. The Hall–Kier alpha value is -0.560. The molecule has 0 heterocycles. The molecule has 0 saturated heterocycles. The highest BCUT2D eigenvalue weighted by atomic mass is 16.7. The van der Waals surface area contributed by atoms with Crippen molar-refractivity contribution in [3.63, 3.8) is 0 Å². The van der Waals surface area contributed by atoms with Crippen LogP contribution in [0.5, 0.6) is 0 Å². The van der Waals surface area contributed by atoms with E-state index in [1.54, 1.807) is 0 Å². The smallest absolute Gasteiger partial charge is 0.333 e. The predicted octanol–water partition coefficient (Wildman–Crippen LogP) is -1.75. The van der Waals surface area contributed by atoms with Gasteiger partial charge in [-0.2, -0.15) is 0 Å². The molecule has 3 heteroatoms. The first-order valence-corrected chi connectivity index (χ1v) is 1.21. The average molecular weight is 88.1 g/mol. The van der Waals surface area contributed by atoms with Crippen molar-refractivity contribution in [1.29, 1.82) is 0 Å². The zero-order valence-electron chi connectivity index (χ0n) is 2.92. The van der Waals surface area contributed by atoms with Gasteiger partial charge in [0.15, 0.2) is 0 Å². The van der Waals surface area contributed by atoms with Crippen LogP contribution in [0.2, 0.25) is 0 Å². The van der Waals surface area contributed by atoms with Crippen molar-refractivity contribution in [2.45, 2.75) is 5.97 Å². The van der Waals surface area contributed by atoms with Crippen LogP contribution in [0.3, 0.4) is 0 Å². The molecule has 3 nitrogen and oxygen atoms in total. The standard InChI is InChI=1S/C3H4O3/c1-2-3(4,5)6/h1,4-6H. The maximum absolute atomic E-state index is 7.70. The third kappa shape index (κ3) is 3.44. The van der Waals surface area contributed by atoms with Gasteiger partial charge in [-0.15, -0.1) is 6.42 Å². The molecule has 0 aromatic heterocycles. The van der Waals surface area contributed by atoms with E-state index in [4.69, 9.17) is 15.3 Å². The Morgan fingerprint density at radius 1 is 1.33 bits per heavy atom. The fourth-order valence-electron chi connectivity index (χ4n) is 0. The molecule has 0 saturated carbocycles. The highest BCUT2D eigenvalue weighted by Crippen LogP contribution is 1.83. The summed E-state index contributed by atoms with van der Waals surface area (Å²) in [5.41, 5.74) is 0. The molecular weight excluding hydrogens is 84.0 g/mol. The average Bonchev–Trinajstić information content (AvgIpc) is 1.35. The summed E-state index contributed by atoms with van der Waals surface area (Å²) in [7, 11) is 0. The van der Waals surface area contributed by atoms with Crippen molar-refractivity contribution in [3.8, 4) is 12.3 Å². The lowest BCUT2D eigenvalue weighted by Gasteiger charge is -2.00. The van der Waals surface area contributed by atoms with Gasteiger partial charge in [0.2, 0.25) is 0 Å². The predicted molar refractivity (Wildman–Crippen MR) is 18.2 cm³/mol. The number of hydrogen-bond donors (Lipinski definition) is 3. The van der Waals surface area contributed by atoms with Crippen molar-refractivity contribution < 1.29 is 15.3 Å². The van der Waals surface area contributed by atoms with Crippen LogP contribution >= 0.6 is 0 Å². The van der Waals surface area contributed by atoms with Crippen molar-refractivity contribution in [2.75, 3.05) is 0 Å². The summed E-state index contributed by atoms with van der Waals surface area (Å²) >= 11 is 0. The van der Waals surface area contributed by atoms with E-state index in [9.17, 15) is 0 Å². The summed E-state index contributed by atoms with van der Waals surface area (Å²) in [5.74, 6) is -1.66. The Bertz CT molecular complexity index is 73.0. The molecule has 0 bridgehead atoms. The van der Waals surface area contributed by atoms with Gasteiger partial charge in [0.1, 0.15) is 0 Å². The lowest BCUT2D eigenvalue weighted by atomic mass is 10.6. The van der Waals surface area contributed by atoms with E-state index in [1.807, 2.05) is 0 Å². The fraction of sp³-hybridized carbons (Fsp3) is 0.333. The van der Waals surface area contributed by atoms with Crippen molar-refractivity contribution >= 4 is 0 Å². The van der Waals surface area contributed by atoms with Crippen LogP contribution in [0.15, 0.2) is 0 Å². The van der Waals surface area contributed by atoms with Gasteiger partial charge in [-0.25, -0.2) is 0 Å². The third-order valence-corrected chi connectivity index (χ3v) is 0.194. The summed E-state index contributed by atoms with van der Waals surface area (Å²) in [5, 5.41) is 23.1. The quantitative estimate of drug-likeness (QED) is 0.243. The number of hydrogen-bond acceptors (Lipinski definition) is 3. The Labute approximate surface area is 34.9 Å². The van der Waals surface area contributed by atoms with Crippen LogP contribution in [-0.2, 0) is 0 Å². The Balaban J connectivity index is 3.55. The van der Waals surface area contributed by atoms with Gasteiger partial charge in [-0.1, -0.05) is 0 Å². The summed E-state index contributed by atoms with van der Waals surface area (Å²) < 4.78 is 0. The molecule has 0 aromatic carbocycles. The molecule has 0 amide bonds. The van der Waals surface area contributed by atoms with E-state index < -0.39 is 5.97 Å². The first kappa shape index (κ1) is 5.44. The van der Waals surface area contributed by atoms with Gasteiger partial charge >= 0.3 is 5.97 Å². The molecule has 0 spiro atoms. The molecule has 0 fully saturated rings. The van der Waals surface area contributed by atoms with E-state index in [1.165, 1.54) is 5.92 Å². The second-order valence-corrected chi connectivity index (χ2v) is 0.780. The largest absolute Gasteiger partial charge is 0.345 e. The minimum Gasteiger partial charge on any atom is -0.333 e. The van der Waals surface area contributed by atoms with Crippen molar-refractivity contribution in [2.24, 2.45) is 0 Å². The number of rotatable bonds is 0. The molecular formula is C3H4O3. The Morgan fingerprint density at radius 2 is 1.50 bits per heavy atom. The summed E-state index contributed by atoms with van der Waals surface area (Å²) in [6.07, 6.45) is 4.31. The zero-order valence-corrected chi connectivity index (χ0v) is 2.92. The van der Waals surface area contributed by atoms with E-state index in [0.29, 0.717) is 0 Å². The molecule has 0 aliphatic heterocycles. The third-order valence-electron chi connectivity index (χ3n) is 0.194. The summed E-state index contributed by atoms with van der Waals surface area (Å²) in [4.78, 5) is 0. The molecule has 3 N–H and O–H groups in total. The molecule has 0 aliphatic carbocycles. The van der Waals surface area contributed by atoms with Gasteiger partial charge in [0, 0.05) is 0 Å². The molecule has 0 aromatic rings. The lowest BCUT2D eigenvalue weighted by Crippen LogP contribution is -2.23. The molecule has 0 aliphatic rings. The topological polar surface area (TPSA) is 60.7 Å². The Morgan fingerprint density at radius 3 is 1.50 bits per heavy atom. The van der Waals surface area contributed by atoms with Gasteiger partial charge in [-0.3, -0.25) is 0 Å².